The zero-order valence-electron chi connectivity index (χ0n) is 11.5. The molecular formula is C13H26N2O2. The maximum atomic E-state index is 12.3. The second-order valence-electron chi connectivity index (χ2n) is 5.57. The van der Waals surface area contributed by atoms with Crippen molar-refractivity contribution < 1.29 is 9.90 Å². The van der Waals surface area contributed by atoms with E-state index in [4.69, 9.17) is 5.11 Å². The predicted molar refractivity (Wildman–Crippen MR) is 68.7 cm³/mol. The number of aliphatic hydroxyl groups excluding tert-OH is 1. The van der Waals surface area contributed by atoms with E-state index in [1.807, 2.05) is 23.8 Å². The number of hydrogen-bond donors (Lipinski definition) is 1. The average Bonchev–Trinajstić information content (AvgIpc) is 2.26. The van der Waals surface area contributed by atoms with E-state index in [2.05, 4.69) is 13.8 Å². The minimum Gasteiger partial charge on any atom is -0.395 e. The third kappa shape index (κ3) is 3.96. The van der Waals surface area contributed by atoms with Crippen LogP contribution < -0.4 is 0 Å². The summed E-state index contributed by atoms with van der Waals surface area (Å²) in [5.74, 6) is 1.38. The summed E-state index contributed by atoms with van der Waals surface area (Å²) in [4.78, 5) is 16.2. The monoisotopic (exact) mass is 242 g/mol. The van der Waals surface area contributed by atoms with Crippen molar-refractivity contribution in [2.75, 3.05) is 33.3 Å². The Bertz CT molecular complexity index is 248. The van der Waals surface area contributed by atoms with Crippen molar-refractivity contribution in [1.29, 1.82) is 0 Å². The highest BCUT2D eigenvalue weighted by Gasteiger charge is 2.29. The van der Waals surface area contributed by atoms with Gasteiger partial charge in [0.15, 0.2) is 0 Å². The number of hydrogen-bond acceptors (Lipinski definition) is 3. The summed E-state index contributed by atoms with van der Waals surface area (Å²) in [6, 6.07) is -0.139. The highest BCUT2D eigenvalue weighted by molar-refractivity contribution is 5.81. The van der Waals surface area contributed by atoms with Gasteiger partial charge in [-0.3, -0.25) is 9.69 Å². The van der Waals surface area contributed by atoms with Crippen molar-refractivity contribution >= 4 is 5.91 Å². The van der Waals surface area contributed by atoms with Crippen molar-refractivity contribution in [2.24, 2.45) is 11.8 Å². The van der Waals surface area contributed by atoms with Crippen molar-refractivity contribution in [3.8, 4) is 0 Å². The smallest absolute Gasteiger partial charge is 0.239 e. The van der Waals surface area contributed by atoms with Crippen LogP contribution in [0.4, 0.5) is 0 Å². The Balaban J connectivity index is 2.56. The number of nitrogens with zero attached hydrogens (tertiary/aromatic N) is 2. The molecule has 0 aromatic heterocycles. The third-order valence-corrected chi connectivity index (χ3v) is 3.65. The van der Waals surface area contributed by atoms with Gasteiger partial charge >= 0.3 is 0 Å². The third-order valence-electron chi connectivity index (χ3n) is 3.65. The second-order valence-corrected chi connectivity index (χ2v) is 5.57. The molecule has 3 atom stereocenters. The number of likely N-dealkylation sites (tertiary alicyclic amines) is 1. The Hall–Kier alpha value is -0.610. The molecule has 17 heavy (non-hydrogen) atoms. The lowest BCUT2D eigenvalue weighted by Gasteiger charge is -2.38. The number of amides is 1. The summed E-state index contributed by atoms with van der Waals surface area (Å²) >= 11 is 0. The number of aliphatic hydroxyl groups is 1. The molecule has 100 valence electrons. The quantitative estimate of drug-likeness (QED) is 0.793. The van der Waals surface area contributed by atoms with Crippen LogP contribution in [0.5, 0.6) is 0 Å². The Morgan fingerprint density at radius 1 is 1.41 bits per heavy atom. The van der Waals surface area contributed by atoms with E-state index >= 15 is 0 Å². The molecule has 3 unspecified atom stereocenters. The lowest BCUT2D eigenvalue weighted by atomic mass is 9.91. The fourth-order valence-electron chi connectivity index (χ4n) is 2.65. The standard InChI is InChI=1S/C13H26N2O2/c1-10-7-11(2)9-15(8-10)13(17)12(3)14(4)5-6-16/h10-12,16H,5-9H2,1-4H3. The Morgan fingerprint density at radius 2 is 1.94 bits per heavy atom. The van der Waals surface area contributed by atoms with Gasteiger partial charge in [0.1, 0.15) is 0 Å². The number of carbonyl (C=O) groups is 1. The molecule has 1 fully saturated rings. The first-order valence-corrected chi connectivity index (χ1v) is 6.55. The van der Waals surface area contributed by atoms with Crippen molar-refractivity contribution in [1.82, 2.24) is 9.80 Å². The van der Waals surface area contributed by atoms with Crippen LogP contribution in [-0.4, -0.2) is 60.1 Å². The zero-order valence-corrected chi connectivity index (χ0v) is 11.5. The van der Waals surface area contributed by atoms with E-state index in [-0.39, 0.29) is 18.6 Å². The Kier molecular flexibility index (Phi) is 5.40. The van der Waals surface area contributed by atoms with Gasteiger partial charge in [-0.15, -0.1) is 0 Å². The fourth-order valence-corrected chi connectivity index (χ4v) is 2.65. The number of rotatable bonds is 4. The topological polar surface area (TPSA) is 43.8 Å². The predicted octanol–water partition coefficient (Wildman–Crippen LogP) is 0.803. The minimum atomic E-state index is -0.139. The molecule has 0 aromatic rings. The highest BCUT2D eigenvalue weighted by atomic mass is 16.3. The van der Waals surface area contributed by atoms with Crippen molar-refractivity contribution in [3.05, 3.63) is 0 Å². The summed E-state index contributed by atoms with van der Waals surface area (Å²) in [6.45, 7) is 8.73. The van der Waals surface area contributed by atoms with E-state index in [9.17, 15) is 4.79 Å². The molecule has 1 aliphatic heterocycles. The van der Waals surface area contributed by atoms with Crippen LogP contribution in [0.15, 0.2) is 0 Å². The van der Waals surface area contributed by atoms with E-state index in [0.29, 0.717) is 18.4 Å². The largest absolute Gasteiger partial charge is 0.395 e. The summed E-state index contributed by atoms with van der Waals surface area (Å²) < 4.78 is 0. The lowest BCUT2D eigenvalue weighted by Crippen LogP contribution is -2.50. The molecule has 1 amide bonds. The van der Waals surface area contributed by atoms with Crippen LogP contribution in [0.3, 0.4) is 0 Å². The molecule has 0 aliphatic carbocycles. The van der Waals surface area contributed by atoms with Crippen molar-refractivity contribution in [2.45, 2.75) is 33.2 Å². The minimum absolute atomic E-state index is 0.0981. The molecule has 1 aliphatic rings. The van der Waals surface area contributed by atoms with Gasteiger partial charge in [0.2, 0.25) is 5.91 Å². The maximum absolute atomic E-state index is 12.3. The van der Waals surface area contributed by atoms with Gasteiger partial charge in [-0.05, 0) is 32.2 Å². The molecule has 0 aromatic carbocycles. The molecule has 1 rings (SSSR count). The molecule has 4 nitrogen and oxygen atoms in total. The Morgan fingerprint density at radius 3 is 2.41 bits per heavy atom. The van der Waals surface area contributed by atoms with Crippen molar-refractivity contribution in [3.63, 3.8) is 0 Å². The Labute approximate surface area is 105 Å². The van der Waals surface area contributed by atoms with E-state index in [0.717, 1.165) is 13.1 Å². The molecule has 0 saturated carbocycles. The van der Waals surface area contributed by atoms with Crippen LogP contribution in [0.25, 0.3) is 0 Å². The summed E-state index contributed by atoms with van der Waals surface area (Å²) in [5.41, 5.74) is 0. The van der Waals surface area contributed by atoms with E-state index in [1.54, 1.807) is 0 Å². The van der Waals surface area contributed by atoms with Crippen LogP contribution in [-0.2, 0) is 4.79 Å². The van der Waals surface area contributed by atoms with E-state index < -0.39 is 0 Å². The van der Waals surface area contributed by atoms with Crippen LogP contribution >= 0.6 is 0 Å². The normalized spacial score (nSPS) is 27.3. The fraction of sp³-hybridized carbons (Fsp3) is 0.923. The van der Waals surface area contributed by atoms with Crippen LogP contribution in [0, 0.1) is 11.8 Å². The van der Waals surface area contributed by atoms with E-state index in [1.165, 1.54) is 6.42 Å². The van der Waals surface area contributed by atoms with Gasteiger partial charge in [0.25, 0.3) is 0 Å². The SMILES string of the molecule is CC1CC(C)CN(C(=O)C(C)N(C)CCO)C1. The van der Waals surface area contributed by atoms with Gasteiger partial charge in [-0.2, -0.15) is 0 Å². The molecule has 0 radical (unpaired) electrons. The molecule has 1 N–H and O–H groups in total. The molecular weight excluding hydrogens is 216 g/mol. The number of carbonyl (C=O) groups excluding carboxylic acids is 1. The molecule has 1 saturated heterocycles. The highest BCUT2D eigenvalue weighted by Crippen LogP contribution is 2.21. The molecule has 1 heterocycles. The summed E-state index contributed by atoms with van der Waals surface area (Å²) in [5, 5.41) is 8.90. The zero-order chi connectivity index (χ0) is 13.0. The maximum Gasteiger partial charge on any atom is 0.239 e. The average molecular weight is 242 g/mol. The van der Waals surface area contributed by atoms with Gasteiger partial charge < -0.3 is 10.0 Å². The summed E-state index contributed by atoms with van der Waals surface area (Å²) in [6.07, 6.45) is 1.21. The first-order chi connectivity index (χ1) is 7.95. The molecule has 4 heteroatoms. The molecule has 0 bridgehead atoms. The number of likely N-dealkylation sites (N-methyl/N-ethyl adjacent to an activating group) is 1. The van der Waals surface area contributed by atoms with Gasteiger partial charge in [0.05, 0.1) is 12.6 Å². The molecule has 0 spiro atoms. The van der Waals surface area contributed by atoms with Gasteiger partial charge in [-0.25, -0.2) is 0 Å². The van der Waals surface area contributed by atoms with Crippen LogP contribution in [0.2, 0.25) is 0 Å². The van der Waals surface area contributed by atoms with Crippen LogP contribution in [0.1, 0.15) is 27.2 Å². The lowest BCUT2D eigenvalue weighted by molar-refractivity contribution is -0.138. The first kappa shape index (κ1) is 14.5. The number of piperidine rings is 1. The van der Waals surface area contributed by atoms with Gasteiger partial charge in [-0.1, -0.05) is 13.8 Å². The van der Waals surface area contributed by atoms with Gasteiger partial charge in [0, 0.05) is 19.6 Å². The second kappa shape index (κ2) is 6.36. The summed E-state index contributed by atoms with van der Waals surface area (Å²) in [7, 11) is 1.88. The first-order valence-electron chi connectivity index (χ1n) is 6.55.